The van der Waals surface area contributed by atoms with Crippen molar-refractivity contribution < 1.29 is 9.32 Å². The molecule has 4 heterocycles. The van der Waals surface area contributed by atoms with E-state index >= 15 is 0 Å². The zero-order valence-electron chi connectivity index (χ0n) is 14.7. The van der Waals surface area contributed by atoms with Crippen LogP contribution in [0, 0.1) is 0 Å². The van der Waals surface area contributed by atoms with E-state index in [9.17, 15) is 9.59 Å². The van der Waals surface area contributed by atoms with E-state index in [1.54, 1.807) is 6.33 Å². The standard InChI is InChI=1S/C18H23N5O3/c24-16-11-13(26-21-16)3-4-17(25)22-9-5-14-15(6-10-22)19-12-20-18(14)23-7-1-2-8-23/h11-12H,1-10H2,(H,21,24). The zero-order chi connectivity index (χ0) is 17.9. The lowest BCUT2D eigenvalue weighted by molar-refractivity contribution is -0.131. The first-order chi connectivity index (χ1) is 12.7. The Balaban J connectivity index is 1.42. The van der Waals surface area contributed by atoms with Gasteiger partial charge in [-0.1, -0.05) is 0 Å². The summed E-state index contributed by atoms with van der Waals surface area (Å²) in [7, 11) is 0. The van der Waals surface area contributed by atoms with Crippen molar-refractivity contribution in [1.29, 1.82) is 0 Å². The summed E-state index contributed by atoms with van der Waals surface area (Å²) in [6, 6.07) is 1.39. The highest BCUT2D eigenvalue weighted by Gasteiger charge is 2.24. The van der Waals surface area contributed by atoms with Crippen LogP contribution in [0.15, 0.2) is 21.7 Å². The van der Waals surface area contributed by atoms with Gasteiger partial charge in [0.05, 0.1) is 5.69 Å². The fourth-order valence-electron chi connectivity index (χ4n) is 3.79. The van der Waals surface area contributed by atoms with E-state index < -0.39 is 0 Å². The Morgan fingerprint density at radius 3 is 2.73 bits per heavy atom. The number of H-pyrrole nitrogens is 1. The van der Waals surface area contributed by atoms with Gasteiger partial charge in [-0.15, -0.1) is 0 Å². The number of hydrogen-bond donors (Lipinski definition) is 1. The minimum absolute atomic E-state index is 0.0809. The number of aromatic amines is 1. The topological polar surface area (TPSA) is 95.3 Å². The second-order valence-electron chi connectivity index (χ2n) is 6.88. The maximum atomic E-state index is 12.6. The Bertz CT molecular complexity index is 837. The molecule has 0 saturated carbocycles. The monoisotopic (exact) mass is 357 g/mol. The number of rotatable bonds is 4. The lowest BCUT2D eigenvalue weighted by Crippen LogP contribution is -2.33. The zero-order valence-corrected chi connectivity index (χ0v) is 14.7. The maximum absolute atomic E-state index is 12.6. The minimum atomic E-state index is -0.273. The van der Waals surface area contributed by atoms with Crippen molar-refractivity contribution in [2.45, 2.75) is 38.5 Å². The van der Waals surface area contributed by atoms with Crippen LogP contribution < -0.4 is 10.5 Å². The van der Waals surface area contributed by atoms with Gasteiger partial charge in [0.1, 0.15) is 17.9 Å². The number of nitrogens with one attached hydrogen (secondary N) is 1. The molecule has 2 aliphatic heterocycles. The van der Waals surface area contributed by atoms with Crippen LogP contribution in [0.5, 0.6) is 0 Å². The molecule has 0 bridgehead atoms. The van der Waals surface area contributed by atoms with Crippen LogP contribution in [0.25, 0.3) is 0 Å². The molecule has 8 nitrogen and oxygen atoms in total. The lowest BCUT2D eigenvalue weighted by Gasteiger charge is -2.21. The summed E-state index contributed by atoms with van der Waals surface area (Å²) in [4.78, 5) is 36.9. The molecule has 1 fully saturated rings. The molecule has 1 amide bonds. The second kappa shape index (κ2) is 7.31. The molecule has 2 aliphatic rings. The number of aryl methyl sites for hydroxylation is 1. The van der Waals surface area contributed by atoms with Gasteiger partial charge in [-0.3, -0.25) is 9.59 Å². The van der Waals surface area contributed by atoms with Gasteiger partial charge in [-0.05, 0) is 19.3 Å². The number of nitrogens with zero attached hydrogens (tertiary/aromatic N) is 4. The Morgan fingerprint density at radius 2 is 1.96 bits per heavy atom. The van der Waals surface area contributed by atoms with Crippen molar-refractivity contribution in [3.8, 4) is 0 Å². The second-order valence-corrected chi connectivity index (χ2v) is 6.88. The van der Waals surface area contributed by atoms with Crippen LogP contribution in [0.3, 0.4) is 0 Å². The summed E-state index contributed by atoms with van der Waals surface area (Å²) in [5, 5.41) is 2.25. The molecule has 26 heavy (non-hydrogen) atoms. The predicted octanol–water partition coefficient (Wildman–Crippen LogP) is 0.918. The molecule has 138 valence electrons. The third-order valence-corrected chi connectivity index (χ3v) is 5.18. The lowest BCUT2D eigenvalue weighted by atomic mass is 10.1. The average Bonchev–Trinajstić information content (AvgIpc) is 3.27. The van der Waals surface area contributed by atoms with E-state index in [1.807, 2.05) is 4.90 Å². The van der Waals surface area contributed by atoms with Crippen LogP contribution >= 0.6 is 0 Å². The SMILES string of the molecule is O=C(CCc1cc(=O)[nH]o1)N1CCc2ncnc(N3CCCC3)c2CC1. The van der Waals surface area contributed by atoms with E-state index in [0.29, 0.717) is 31.7 Å². The Labute approximate surface area is 151 Å². The number of amides is 1. The van der Waals surface area contributed by atoms with Gasteiger partial charge < -0.3 is 14.3 Å². The summed E-state index contributed by atoms with van der Waals surface area (Å²) >= 11 is 0. The van der Waals surface area contributed by atoms with Crippen molar-refractivity contribution in [1.82, 2.24) is 20.0 Å². The van der Waals surface area contributed by atoms with E-state index in [2.05, 4.69) is 20.0 Å². The van der Waals surface area contributed by atoms with Gasteiger partial charge in [0.25, 0.3) is 5.56 Å². The number of carbonyl (C=O) groups is 1. The third kappa shape index (κ3) is 3.49. The van der Waals surface area contributed by atoms with Gasteiger partial charge in [0, 0.05) is 57.1 Å². The van der Waals surface area contributed by atoms with Crippen molar-refractivity contribution in [3.63, 3.8) is 0 Å². The van der Waals surface area contributed by atoms with Crippen LogP contribution in [-0.2, 0) is 24.1 Å². The highest BCUT2D eigenvalue weighted by Crippen LogP contribution is 2.26. The molecule has 2 aromatic rings. The first-order valence-electron chi connectivity index (χ1n) is 9.23. The number of anilines is 1. The summed E-state index contributed by atoms with van der Waals surface area (Å²) in [5.74, 6) is 1.65. The molecular weight excluding hydrogens is 334 g/mol. The first-order valence-corrected chi connectivity index (χ1v) is 9.23. The van der Waals surface area contributed by atoms with Crippen molar-refractivity contribution in [2.24, 2.45) is 0 Å². The molecule has 8 heteroatoms. The number of fused-ring (bicyclic) bond motifs is 1. The van der Waals surface area contributed by atoms with Crippen molar-refractivity contribution in [2.75, 3.05) is 31.1 Å². The van der Waals surface area contributed by atoms with E-state index in [-0.39, 0.29) is 11.5 Å². The highest BCUT2D eigenvalue weighted by atomic mass is 16.5. The molecule has 1 saturated heterocycles. The Morgan fingerprint density at radius 1 is 1.15 bits per heavy atom. The molecule has 0 aliphatic carbocycles. The van der Waals surface area contributed by atoms with E-state index in [1.165, 1.54) is 24.5 Å². The molecule has 0 radical (unpaired) electrons. The first kappa shape index (κ1) is 16.8. The van der Waals surface area contributed by atoms with E-state index in [0.717, 1.165) is 37.4 Å². The Hall–Kier alpha value is -2.64. The molecule has 0 atom stereocenters. The average molecular weight is 357 g/mol. The summed E-state index contributed by atoms with van der Waals surface area (Å²) in [5.41, 5.74) is 1.99. The number of carbonyl (C=O) groups excluding carboxylic acids is 1. The predicted molar refractivity (Wildman–Crippen MR) is 95.1 cm³/mol. The van der Waals surface area contributed by atoms with E-state index in [4.69, 9.17) is 4.52 Å². The fraction of sp³-hybridized carbons (Fsp3) is 0.556. The quantitative estimate of drug-likeness (QED) is 0.874. The van der Waals surface area contributed by atoms with Crippen LogP contribution in [0.2, 0.25) is 0 Å². The van der Waals surface area contributed by atoms with Gasteiger partial charge in [0.2, 0.25) is 5.91 Å². The molecule has 1 N–H and O–H groups in total. The largest absolute Gasteiger partial charge is 0.384 e. The normalized spacial score (nSPS) is 17.2. The van der Waals surface area contributed by atoms with Gasteiger partial charge in [-0.2, -0.15) is 5.16 Å². The minimum Gasteiger partial charge on any atom is -0.384 e. The number of hydrogen-bond acceptors (Lipinski definition) is 6. The fourth-order valence-corrected chi connectivity index (χ4v) is 3.79. The van der Waals surface area contributed by atoms with Gasteiger partial charge >= 0.3 is 0 Å². The smallest absolute Gasteiger partial charge is 0.280 e. The van der Waals surface area contributed by atoms with Crippen molar-refractivity contribution >= 4 is 11.7 Å². The Kier molecular flexibility index (Phi) is 4.73. The number of aromatic nitrogens is 3. The summed E-state index contributed by atoms with van der Waals surface area (Å²) < 4.78 is 5.02. The van der Waals surface area contributed by atoms with Crippen LogP contribution in [0.1, 0.15) is 36.3 Å². The molecular formula is C18H23N5O3. The molecule has 4 rings (SSSR count). The van der Waals surface area contributed by atoms with Crippen LogP contribution in [0.4, 0.5) is 5.82 Å². The molecule has 0 unspecified atom stereocenters. The summed E-state index contributed by atoms with van der Waals surface area (Å²) in [6.07, 6.45) is 6.37. The van der Waals surface area contributed by atoms with Crippen LogP contribution in [-0.4, -0.2) is 52.1 Å². The van der Waals surface area contributed by atoms with Crippen molar-refractivity contribution in [3.05, 3.63) is 39.8 Å². The maximum Gasteiger partial charge on any atom is 0.280 e. The highest BCUT2D eigenvalue weighted by molar-refractivity contribution is 5.76. The molecule has 0 aromatic carbocycles. The summed E-state index contributed by atoms with van der Waals surface area (Å²) in [6.45, 7) is 3.44. The van der Waals surface area contributed by atoms with Gasteiger partial charge in [-0.25, -0.2) is 9.97 Å². The molecule has 0 spiro atoms. The molecule has 2 aromatic heterocycles. The van der Waals surface area contributed by atoms with Gasteiger partial charge in [0.15, 0.2) is 0 Å². The third-order valence-electron chi connectivity index (χ3n) is 5.18.